The van der Waals surface area contributed by atoms with Gasteiger partial charge in [-0.05, 0) is 50.4 Å². The van der Waals surface area contributed by atoms with Crippen LogP contribution in [0.5, 0.6) is 0 Å². The number of aryl methyl sites for hydroxylation is 3. The van der Waals surface area contributed by atoms with Crippen molar-refractivity contribution in [3.63, 3.8) is 0 Å². The molecule has 0 amide bonds. The smallest absolute Gasteiger partial charge is 0.331 e. The molecule has 0 radical (unpaired) electrons. The predicted octanol–water partition coefficient (Wildman–Crippen LogP) is 3.17. The number of aliphatic carboxylic acids is 1. The number of nitrogens with zero attached hydrogens (tertiary/aromatic N) is 3. The van der Waals surface area contributed by atoms with E-state index in [1.54, 1.807) is 13.0 Å². The molecule has 0 fully saturated rings. The number of nitrogens with one attached hydrogen (secondary N) is 1. The Kier molecular flexibility index (Phi) is 12.2. The standard InChI is InChI=1S/C21H27ClN4O2.C4H4O4/c1-3-28-20(27)6-4-11-23-12-5-13-26-19-14-18(22)10-9-16(19)7-8-17-15-24-25(2)21(17)26;5-3-8-2-1-4(6)7/h4,6,9-10,14-15,23H,3,5,7-8,11-13H2,1-2H3;1-3H,(H,6,7)/b6-4+;2-1-. The first kappa shape index (κ1) is 28.6. The number of hydrogen-bond acceptors (Lipinski definition) is 8. The molecule has 0 saturated heterocycles. The van der Waals surface area contributed by atoms with E-state index < -0.39 is 5.97 Å². The zero-order chi connectivity index (χ0) is 26.3. The Balaban J connectivity index is 0.000000493. The summed E-state index contributed by atoms with van der Waals surface area (Å²) in [5.41, 5.74) is 3.74. The predicted molar refractivity (Wildman–Crippen MR) is 136 cm³/mol. The number of carbonyl (C=O) groups is 3. The number of aromatic nitrogens is 2. The number of rotatable bonds is 11. The third-order valence-electron chi connectivity index (χ3n) is 5.12. The zero-order valence-corrected chi connectivity index (χ0v) is 21.1. The van der Waals surface area contributed by atoms with E-state index in [0.29, 0.717) is 19.2 Å². The molecule has 3 rings (SSSR count). The van der Waals surface area contributed by atoms with E-state index in [-0.39, 0.29) is 12.4 Å². The molecule has 2 heterocycles. The van der Waals surface area contributed by atoms with E-state index >= 15 is 0 Å². The van der Waals surface area contributed by atoms with Crippen molar-refractivity contribution >= 4 is 41.5 Å². The molecule has 2 N–H and O–H groups in total. The van der Waals surface area contributed by atoms with Crippen LogP contribution >= 0.6 is 11.6 Å². The van der Waals surface area contributed by atoms with Crippen LogP contribution in [0.25, 0.3) is 0 Å². The number of hydrogen-bond donors (Lipinski definition) is 2. The average molecular weight is 519 g/mol. The van der Waals surface area contributed by atoms with Gasteiger partial charge in [0.15, 0.2) is 0 Å². The Morgan fingerprint density at radius 1 is 1.25 bits per heavy atom. The molecule has 10 nitrogen and oxygen atoms in total. The number of carbonyl (C=O) groups excluding carboxylic acids is 2. The van der Waals surface area contributed by atoms with E-state index in [1.807, 2.05) is 24.0 Å². The Hall–Kier alpha value is -3.63. The van der Waals surface area contributed by atoms with Crippen LogP contribution in [0.1, 0.15) is 24.5 Å². The van der Waals surface area contributed by atoms with Crippen LogP contribution in [0.15, 0.2) is 48.9 Å². The third kappa shape index (κ3) is 9.20. The highest BCUT2D eigenvalue weighted by Gasteiger charge is 2.23. The van der Waals surface area contributed by atoms with Crippen molar-refractivity contribution in [2.45, 2.75) is 26.2 Å². The lowest BCUT2D eigenvalue weighted by Crippen LogP contribution is -2.26. The van der Waals surface area contributed by atoms with Gasteiger partial charge in [0.1, 0.15) is 12.1 Å². The largest absolute Gasteiger partial charge is 0.478 e. The van der Waals surface area contributed by atoms with Gasteiger partial charge in [-0.3, -0.25) is 9.48 Å². The maximum atomic E-state index is 11.3. The summed E-state index contributed by atoms with van der Waals surface area (Å²) in [7, 11) is 1.99. The molecule has 0 atom stereocenters. The van der Waals surface area contributed by atoms with Crippen LogP contribution in [0.3, 0.4) is 0 Å². The van der Waals surface area contributed by atoms with Gasteiger partial charge in [0, 0.05) is 42.5 Å². The summed E-state index contributed by atoms with van der Waals surface area (Å²) in [6.45, 7) is 4.67. The van der Waals surface area contributed by atoms with Crippen LogP contribution in [0.4, 0.5) is 11.5 Å². The van der Waals surface area contributed by atoms with E-state index in [2.05, 4.69) is 32.2 Å². The van der Waals surface area contributed by atoms with Crippen molar-refractivity contribution in [3.8, 4) is 0 Å². The Morgan fingerprint density at radius 2 is 2.03 bits per heavy atom. The number of anilines is 2. The first-order chi connectivity index (χ1) is 17.4. The van der Waals surface area contributed by atoms with E-state index in [9.17, 15) is 14.4 Å². The van der Waals surface area contributed by atoms with Gasteiger partial charge in [-0.1, -0.05) is 23.7 Å². The van der Waals surface area contributed by atoms with Crippen molar-refractivity contribution < 1.29 is 29.0 Å². The molecule has 11 heteroatoms. The zero-order valence-electron chi connectivity index (χ0n) is 20.4. The molecule has 36 heavy (non-hydrogen) atoms. The van der Waals surface area contributed by atoms with E-state index in [4.69, 9.17) is 21.4 Å². The maximum Gasteiger partial charge on any atom is 0.331 e. The number of benzene rings is 1. The lowest BCUT2D eigenvalue weighted by molar-refractivity contribution is -0.137. The van der Waals surface area contributed by atoms with Crippen LogP contribution in [-0.4, -0.2) is 59.5 Å². The SMILES string of the molecule is CCOC(=O)/C=C/CNCCCN1c2cc(Cl)ccc2CCc2cnn(C)c21.O=CO/C=C\C(=O)O. The molecular formula is C25H31ClN4O6. The monoisotopic (exact) mass is 518 g/mol. The molecular weight excluding hydrogens is 488 g/mol. The summed E-state index contributed by atoms with van der Waals surface area (Å²) in [6, 6.07) is 6.14. The number of carboxylic acid groups (broad SMARTS) is 1. The highest BCUT2D eigenvalue weighted by Crippen LogP contribution is 2.37. The van der Waals surface area contributed by atoms with Crippen molar-refractivity contribution in [1.82, 2.24) is 15.1 Å². The lowest BCUT2D eigenvalue weighted by atomic mass is 10.1. The highest BCUT2D eigenvalue weighted by molar-refractivity contribution is 6.30. The molecule has 0 unspecified atom stereocenters. The molecule has 1 aliphatic rings. The van der Waals surface area contributed by atoms with Gasteiger partial charge >= 0.3 is 11.9 Å². The van der Waals surface area contributed by atoms with Gasteiger partial charge in [-0.25, -0.2) is 9.59 Å². The molecule has 0 spiro atoms. The Bertz CT molecular complexity index is 1080. The lowest BCUT2D eigenvalue weighted by Gasteiger charge is -2.26. The number of esters is 1. The Morgan fingerprint density at radius 3 is 2.75 bits per heavy atom. The molecule has 0 aliphatic carbocycles. The van der Waals surface area contributed by atoms with Crippen LogP contribution in [-0.2, 0) is 43.7 Å². The third-order valence-corrected chi connectivity index (χ3v) is 5.36. The minimum absolute atomic E-state index is 0.138. The minimum Gasteiger partial charge on any atom is -0.478 e. The summed E-state index contributed by atoms with van der Waals surface area (Å²) in [5.74, 6) is -0.304. The summed E-state index contributed by atoms with van der Waals surface area (Å²) < 4.78 is 10.7. The van der Waals surface area contributed by atoms with Crippen LogP contribution in [0, 0.1) is 0 Å². The van der Waals surface area contributed by atoms with Crippen LogP contribution < -0.4 is 10.2 Å². The van der Waals surface area contributed by atoms with Crippen molar-refractivity contribution in [1.29, 1.82) is 0 Å². The number of fused-ring (bicyclic) bond motifs is 2. The number of ether oxygens (including phenoxy) is 2. The minimum atomic E-state index is -1.15. The fourth-order valence-corrected chi connectivity index (χ4v) is 3.80. The average Bonchev–Trinajstić information content (AvgIpc) is 3.12. The molecule has 1 aromatic carbocycles. The molecule has 2 aromatic rings. The Labute approximate surface area is 215 Å². The molecule has 0 bridgehead atoms. The summed E-state index contributed by atoms with van der Waals surface area (Å²) in [4.78, 5) is 32.5. The molecule has 0 saturated carbocycles. The summed E-state index contributed by atoms with van der Waals surface area (Å²) in [6.07, 6.45) is 9.63. The normalized spacial score (nSPS) is 12.4. The van der Waals surface area contributed by atoms with Gasteiger partial charge < -0.3 is 24.8 Å². The maximum absolute atomic E-state index is 11.3. The van der Waals surface area contributed by atoms with E-state index in [0.717, 1.165) is 55.1 Å². The van der Waals surface area contributed by atoms with E-state index in [1.165, 1.54) is 17.2 Å². The topological polar surface area (TPSA) is 123 Å². The second kappa shape index (κ2) is 15.4. The van der Waals surface area contributed by atoms with Gasteiger partial charge in [-0.15, -0.1) is 0 Å². The number of carboxylic acids is 1. The molecule has 1 aromatic heterocycles. The van der Waals surface area contributed by atoms with Crippen molar-refractivity contribution in [2.24, 2.45) is 7.05 Å². The molecule has 194 valence electrons. The fraction of sp³-hybridized carbons (Fsp3) is 0.360. The highest BCUT2D eigenvalue weighted by atomic mass is 35.5. The second-order valence-electron chi connectivity index (χ2n) is 7.63. The second-order valence-corrected chi connectivity index (χ2v) is 8.06. The van der Waals surface area contributed by atoms with Crippen molar-refractivity contribution in [3.05, 3.63) is 65.0 Å². The van der Waals surface area contributed by atoms with Crippen molar-refractivity contribution in [2.75, 3.05) is 31.1 Å². The van der Waals surface area contributed by atoms with Crippen LogP contribution in [0.2, 0.25) is 5.02 Å². The quantitative estimate of drug-likeness (QED) is 0.152. The summed E-state index contributed by atoms with van der Waals surface area (Å²) in [5, 5.41) is 16.4. The molecule has 1 aliphatic heterocycles. The summed E-state index contributed by atoms with van der Waals surface area (Å²) >= 11 is 6.30. The van der Waals surface area contributed by atoms with Gasteiger partial charge in [0.25, 0.3) is 6.47 Å². The van der Waals surface area contributed by atoms with Gasteiger partial charge in [-0.2, -0.15) is 5.10 Å². The van der Waals surface area contributed by atoms with Gasteiger partial charge in [0.2, 0.25) is 0 Å². The number of halogens is 1. The first-order valence-electron chi connectivity index (χ1n) is 11.5. The van der Waals surface area contributed by atoms with Gasteiger partial charge in [0.05, 0.1) is 18.9 Å². The first-order valence-corrected chi connectivity index (χ1v) is 11.8. The fourth-order valence-electron chi connectivity index (χ4n) is 3.63.